The van der Waals surface area contributed by atoms with Crippen LogP contribution in [-0.2, 0) is 14.3 Å². The molecule has 0 saturated heterocycles. The summed E-state index contributed by atoms with van der Waals surface area (Å²) in [4.78, 5) is 74.5. The van der Waals surface area contributed by atoms with Gasteiger partial charge in [0.1, 0.15) is 35.0 Å². The van der Waals surface area contributed by atoms with Gasteiger partial charge in [-0.05, 0) is 120 Å². The van der Waals surface area contributed by atoms with Crippen LogP contribution < -0.4 is 10.6 Å². The minimum Gasteiger partial charge on any atom is -0.458 e. The number of amidine groups is 2. The molecule has 2 amide bonds. The summed E-state index contributed by atoms with van der Waals surface area (Å²) >= 11 is 0. The second-order valence-electron chi connectivity index (χ2n) is 27.3. The van der Waals surface area contributed by atoms with Crippen molar-refractivity contribution in [3.8, 4) is 11.1 Å². The Morgan fingerprint density at radius 3 is 1.35 bits per heavy atom. The molecule has 3 aliphatic rings. The number of carbonyl (C=O) groups is 4. The number of hydrogen-bond acceptors (Lipinski definition) is 7. The molecule has 0 bridgehead atoms. The van der Waals surface area contributed by atoms with Gasteiger partial charge in [-0.1, -0.05) is 182 Å². The van der Waals surface area contributed by atoms with Crippen molar-refractivity contribution >= 4 is 52.6 Å². The maximum atomic E-state index is 15.8. The van der Waals surface area contributed by atoms with E-state index in [0.717, 1.165) is 36.8 Å². The van der Waals surface area contributed by atoms with Gasteiger partial charge in [0.2, 0.25) is 0 Å². The third-order valence-corrected chi connectivity index (χ3v) is 17.1. The SMILES string of the molecule is Cc1ccccc1C1=C(C(=O)OC2C(C(C)(C)C)CC(C)CC2C(C)(C)C)C(NC(=O)c2ccccc2)=NC1=Nc1[nH]c(NC(=O)c2ccccc2)c(C(=O)OC2C(C(C)(C)C)CC(C)CC2C(C)(C)C)c1-c1ccccc1C. The van der Waals surface area contributed by atoms with Gasteiger partial charge in [0.05, 0.1) is 0 Å². The number of amides is 2. The van der Waals surface area contributed by atoms with Crippen LogP contribution in [-0.4, -0.2) is 52.6 Å². The van der Waals surface area contributed by atoms with Crippen LogP contribution in [0, 0.1) is 71.0 Å². The maximum absolute atomic E-state index is 15.8. The molecule has 5 aromatic rings. The molecule has 11 heteroatoms. The number of aliphatic imine (C=N–C) groups is 2. The van der Waals surface area contributed by atoms with Crippen molar-refractivity contribution < 1.29 is 28.7 Å². The third-order valence-electron chi connectivity index (χ3n) is 17.1. The van der Waals surface area contributed by atoms with E-state index in [0.29, 0.717) is 45.2 Å². The van der Waals surface area contributed by atoms with Gasteiger partial charge in [-0.25, -0.2) is 19.6 Å². The first-order chi connectivity index (χ1) is 37.0. The molecule has 79 heavy (non-hydrogen) atoms. The summed E-state index contributed by atoms with van der Waals surface area (Å²) in [6.07, 6.45) is 2.60. The molecule has 1 aliphatic heterocycles. The average molecular weight is 1070 g/mol. The van der Waals surface area contributed by atoms with Crippen LogP contribution in [0.25, 0.3) is 16.7 Å². The van der Waals surface area contributed by atoms with Gasteiger partial charge >= 0.3 is 11.9 Å². The van der Waals surface area contributed by atoms with E-state index >= 15 is 9.59 Å². The van der Waals surface area contributed by atoms with Crippen LogP contribution in [0.5, 0.6) is 0 Å². The average Bonchev–Trinajstić information content (AvgIpc) is 4.19. The van der Waals surface area contributed by atoms with Gasteiger partial charge in [-0.3, -0.25) is 9.59 Å². The van der Waals surface area contributed by atoms with Crippen molar-refractivity contribution in [2.45, 2.75) is 149 Å². The first-order valence-corrected chi connectivity index (χ1v) is 28.5. The van der Waals surface area contributed by atoms with Crippen molar-refractivity contribution in [2.24, 2.45) is 67.2 Å². The summed E-state index contributed by atoms with van der Waals surface area (Å²) in [6, 6.07) is 33.0. The lowest BCUT2D eigenvalue weighted by Gasteiger charge is -2.50. The van der Waals surface area contributed by atoms with E-state index in [1.165, 1.54) is 0 Å². The van der Waals surface area contributed by atoms with Crippen molar-refractivity contribution in [1.29, 1.82) is 0 Å². The molecule has 0 radical (unpaired) electrons. The fourth-order valence-corrected chi connectivity index (χ4v) is 12.7. The van der Waals surface area contributed by atoms with Crippen molar-refractivity contribution in [3.05, 3.63) is 148 Å². The number of nitrogens with one attached hydrogen (secondary N) is 3. The van der Waals surface area contributed by atoms with Gasteiger partial charge < -0.3 is 25.1 Å². The largest absolute Gasteiger partial charge is 0.458 e. The second-order valence-corrected chi connectivity index (χ2v) is 27.3. The van der Waals surface area contributed by atoms with E-state index in [1.54, 1.807) is 48.5 Å². The molecule has 2 fully saturated rings. The zero-order valence-corrected chi connectivity index (χ0v) is 49.7. The Bertz CT molecular complexity index is 3130. The summed E-state index contributed by atoms with van der Waals surface area (Å²) in [5.74, 6) is -0.908. The zero-order valence-electron chi connectivity index (χ0n) is 49.7. The van der Waals surface area contributed by atoms with Crippen molar-refractivity contribution in [1.82, 2.24) is 10.3 Å². The standard InChI is InChI=1S/C68H85N5O6/c1-39-35-47(65(5,6)7)55(48(36-39)66(8,9)10)78-63(76)53-51(45-33-25-23-27-41(45)3)57(70-59(53)72-61(74)43-29-19-17-20-30-43)69-58-52(46-34-26-24-28-42(46)4)54(60(71-58)73-62(75)44-31-21-18-22-32-44)64(77)79-56-49(67(11,12)13)37-40(2)38-50(56)68(14,15)16/h17-34,39-40,47-50,55-56,70H,35-38H2,1-16H3,(H,72,74)(H,69,71,73,75). The third kappa shape index (κ3) is 12.8. The van der Waals surface area contributed by atoms with Crippen LogP contribution in [0.15, 0.2) is 125 Å². The Morgan fingerprint density at radius 2 is 0.924 bits per heavy atom. The number of benzene rings is 4. The number of rotatable bonds is 10. The first kappa shape index (κ1) is 58.3. The number of ether oxygens (including phenoxy) is 2. The fourth-order valence-electron chi connectivity index (χ4n) is 12.7. The van der Waals surface area contributed by atoms with Gasteiger partial charge in [-0.15, -0.1) is 0 Å². The molecule has 2 heterocycles. The summed E-state index contributed by atoms with van der Waals surface area (Å²) in [6.45, 7) is 35.1. The number of hydrogen-bond donors (Lipinski definition) is 3. The molecule has 11 nitrogen and oxygen atoms in total. The molecule has 4 unspecified atom stereocenters. The number of carbonyl (C=O) groups excluding carboxylic acids is 4. The number of aromatic nitrogens is 1. The normalized spacial score (nSPS) is 23.5. The minimum atomic E-state index is -0.632. The van der Waals surface area contributed by atoms with Crippen LogP contribution in [0.3, 0.4) is 0 Å². The lowest BCUT2D eigenvalue weighted by molar-refractivity contribution is -0.164. The molecular weight excluding hydrogens is 983 g/mol. The lowest BCUT2D eigenvalue weighted by atomic mass is 9.59. The molecule has 3 N–H and O–H groups in total. The maximum Gasteiger partial charge on any atom is 0.343 e. The van der Waals surface area contributed by atoms with Gasteiger partial charge in [0, 0.05) is 45.9 Å². The molecule has 4 atom stereocenters. The Morgan fingerprint density at radius 1 is 0.532 bits per heavy atom. The minimum absolute atomic E-state index is 0.0196. The molecule has 1 aromatic heterocycles. The van der Waals surface area contributed by atoms with E-state index in [9.17, 15) is 9.59 Å². The smallest absolute Gasteiger partial charge is 0.343 e. The van der Waals surface area contributed by atoms with E-state index in [4.69, 9.17) is 19.5 Å². The number of esters is 2. The van der Waals surface area contributed by atoms with Crippen LogP contribution in [0.2, 0.25) is 0 Å². The number of aromatic amines is 1. The highest BCUT2D eigenvalue weighted by Gasteiger charge is 2.51. The molecule has 2 aliphatic carbocycles. The molecule has 8 rings (SSSR count). The van der Waals surface area contributed by atoms with Gasteiger partial charge in [0.15, 0.2) is 11.7 Å². The summed E-state index contributed by atoms with van der Waals surface area (Å²) in [7, 11) is 0. The molecule has 418 valence electrons. The Kier molecular flexibility index (Phi) is 16.7. The summed E-state index contributed by atoms with van der Waals surface area (Å²) < 4.78 is 14.0. The quantitative estimate of drug-likeness (QED) is 0.118. The highest BCUT2D eigenvalue weighted by atomic mass is 16.5. The fraction of sp³-hybridized carbons (Fsp3) is 0.471. The Balaban J connectivity index is 1.40. The molecular formula is C68H85N5O6. The lowest BCUT2D eigenvalue weighted by Crippen LogP contribution is -2.50. The highest BCUT2D eigenvalue weighted by Crippen LogP contribution is 2.52. The van der Waals surface area contributed by atoms with Gasteiger partial charge in [0.25, 0.3) is 11.8 Å². The number of anilines is 1. The predicted molar refractivity (Wildman–Crippen MR) is 320 cm³/mol. The topological polar surface area (TPSA) is 151 Å². The second kappa shape index (κ2) is 22.7. The Labute approximate surface area is 470 Å². The first-order valence-electron chi connectivity index (χ1n) is 28.5. The summed E-state index contributed by atoms with van der Waals surface area (Å²) in [5, 5.41) is 6.11. The zero-order chi connectivity index (χ0) is 57.5. The molecule has 0 spiro atoms. The predicted octanol–water partition coefficient (Wildman–Crippen LogP) is 15.8. The van der Waals surface area contributed by atoms with E-state index < -0.39 is 36.0 Å². The number of nitrogens with zero attached hydrogens (tertiary/aromatic N) is 2. The molecule has 2 saturated carbocycles. The van der Waals surface area contributed by atoms with Crippen LogP contribution in [0.4, 0.5) is 11.6 Å². The van der Waals surface area contributed by atoms with E-state index in [-0.39, 0.29) is 79.8 Å². The summed E-state index contributed by atoms with van der Waals surface area (Å²) in [5.41, 5.74) is 3.77. The van der Waals surface area contributed by atoms with Gasteiger partial charge in [-0.2, -0.15) is 0 Å². The van der Waals surface area contributed by atoms with E-state index in [2.05, 4.69) is 113 Å². The van der Waals surface area contributed by atoms with Crippen LogP contribution >= 0.6 is 0 Å². The van der Waals surface area contributed by atoms with Crippen molar-refractivity contribution in [3.63, 3.8) is 0 Å². The number of aryl methyl sites for hydroxylation is 2. The monoisotopic (exact) mass is 1070 g/mol. The van der Waals surface area contributed by atoms with E-state index in [1.807, 2.05) is 74.5 Å². The molecule has 4 aromatic carbocycles. The Hall–Kier alpha value is -6.88. The number of H-pyrrole nitrogens is 1. The van der Waals surface area contributed by atoms with Crippen LogP contribution in [0.1, 0.15) is 170 Å². The van der Waals surface area contributed by atoms with Crippen molar-refractivity contribution in [2.75, 3.05) is 5.32 Å². The highest BCUT2D eigenvalue weighted by molar-refractivity contribution is 6.45.